The average Bonchev–Trinajstić information content (AvgIpc) is 3.67. The van der Waals surface area contributed by atoms with Crippen LogP contribution in [0.3, 0.4) is 0 Å². The van der Waals surface area contributed by atoms with Gasteiger partial charge in [-0.15, -0.1) is 0 Å². The van der Waals surface area contributed by atoms with Crippen molar-refractivity contribution in [1.82, 2.24) is 9.97 Å². The van der Waals surface area contributed by atoms with Gasteiger partial charge in [-0.05, 0) is 73.8 Å². The summed E-state index contributed by atoms with van der Waals surface area (Å²) in [6.07, 6.45) is 0. The van der Waals surface area contributed by atoms with Gasteiger partial charge in [-0.3, -0.25) is 0 Å². The Bertz CT molecular complexity index is 2340. The summed E-state index contributed by atoms with van der Waals surface area (Å²) >= 11 is 0. The molecule has 1 spiro atoms. The van der Waals surface area contributed by atoms with Crippen LogP contribution in [0, 0.1) is 22.7 Å². The summed E-state index contributed by atoms with van der Waals surface area (Å²) in [6, 6.07) is 43.0. The van der Waals surface area contributed by atoms with Gasteiger partial charge < -0.3 is 4.42 Å². The SMILES string of the molecule is N#Cc1nc(C#N)c2oc3ccc(-c4ccc5c(c4)C4(c6ccccc6-c6ccccc64)c4ccccc4-5)cc3c2n1. The van der Waals surface area contributed by atoms with Crippen LogP contribution < -0.4 is 0 Å². The maximum atomic E-state index is 9.61. The van der Waals surface area contributed by atoms with Crippen molar-refractivity contribution in [3.8, 4) is 45.5 Å². The summed E-state index contributed by atoms with van der Waals surface area (Å²) in [7, 11) is 0. The van der Waals surface area contributed by atoms with E-state index in [2.05, 4.69) is 101 Å². The van der Waals surface area contributed by atoms with E-state index in [0.29, 0.717) is 16.7 Å². The lowest BCUT2D eigenvalue weighted by molar-refractivity contribution is 0.663. The second-order valence-corrected chi connectivity index (χ2v) is 10.8. The van der Waals surface area contributed by atoms with Crippen LogP contribution in [0.15, 0.2) is 114 Å². The molecule has 0 unspecified atom stereocenters. The highest BCUT2D eigenvalue weighted by Crippen LogP contribution is 2.63. The molecule has 7 aromatic rings. The molecule has 0 aliphatic heterocycles. The molecule has 9 rings (SSSR count). The molecule has 192 valence electrons. The predicted octanol–water partition coefficient (Wildman–Crippen LogP) is 8.13. The molecule has 2 aliphatic rings. The number of furan rings is 1. The number of hydrogen-bond donors (Lipinski definition) is 0. The molecule has 0 amide bonds. The summed E-state index contributed by atoms with van der Waals surface area (Å²) < 4.78 is 5.98. The number of rotatable bonds is 1. The highest BCUT2D eigenvalue weighted by Gasteiger charge is 2.51. The van der Waals surface area contributed by atoms with Crippen LogP contribution in [0.4, 0.5) is 0 Å². The van der Waals surface area contributed by atoms with Crippen molar-refractivity contribution >= 4 is 22.1 Å². The van der Waals surface area contributed by atoms with E-state index < -0.39 is 5.41 Å². The Morgan fingerprint density at radius 1 is 0.571 bits per heavy atom. The molecule has 2 aromatic heterocycles. The fourth-order valence-electron chi connectivity index (χ4n) is 7.22. The molecule has 2 aliphatic carbocycles. The maximum absolute atomic E-state index is 9.61. The van der Waals surface area contributed by atoms with E-state index in [1.165, 1.54) is 44.5 Å². The van der Waals surface area contributed by atoms with Crippen molar-refractivity contribution in [1.29, 1.82) is 10.5 Å². The van der Waals surface area contributed by atoms with Crippen molar-refractivity contribution in [2.75, 3.05) is 0 Å². The van der Waals surface area contributed by atoms with Crippen molar-refractivity contribution in [3.63, 3.8) is 0 Å². The third-order valence-corrected chi connectivity index (χ3v) is 8.85. The Kier molecular flexibility index (Phi) is 4.34. The molecule has 5 aromatic carbocycles. The van der Waals surface area contributed by atoms with Crippen molar-refractivity contribution < 1.29 is 4.42 Å². The summed E-state index contributed by atoms with van der Waals surface area (Å²) in [5, 5.41) is 19.8. The van der Waals surface area contributed by atoms with Crippen molar-refractivity contribution in [3.05, 3.63) is 143 Å². The normalized spacial score (nSPS) is 13.4. The first-order valence-electron chi connectivity index (χ1n) is 13.7. The van der Waals surface area contributed by atoms with E-state index in [-0.39, 0.29) is 11.5 Å². The number of fused-ring (bicyclic) bond motifs is 13. The van der Waals surface area contributed by atoms with Gasteiger partial charge in [0.2, 0.25) is 5.82 Å². The Balaban J connectivity index is 1.33. The van der Waals surface area contributed by atoms with Crippen LogP contribution in [0.1, 0.15) is 33.8 Å². The minimum Gasteiger partial charge on any atom is -0.451 e. The Labute approximate surface area is 240 Å². The van der Waals surface area contributed by atoms with Crippen molar-refractivity contribution in [2.45, 2.75) is 5.41 Å². The number of hydrogen-bond acceptors (Lipinski definition) is 5. The molecule has 0 radical (unpaired) electrons. The smallest absolute Gasteiger partial charge is 0.234 e. The van der Waals surface area contributed by atoms with Crippen LogP contribution in [0.2, 0.25) is 0 Å². The highest BCUT2D eigenvalue weighted by atomic mass is 16.3. The number of nitrogens with zero attached hydrogens (tertiary/aromatic N) is 4. The zero-order valence-corrected chi connectivity index (χ0v) is 22.1. The van der Waals surface area contributed by atoms with Crippen LogP contribution >= 0.6 is 0 Å². The molecule has 0 saturated carbocycles. The van der Waals surface area contributed by atoms with Gasteiger partial charge in [0.15, 0.2) is 11.3 Å². The number of aromatic nitrogens is 2. The molecular weight excluding hydrogens is 516 g/mol. The number of nitriles is 2. The van der Waals surface area contributed by atoms with Gasteiger partial charge in [0, 0.05) is 5.39 Å². The van der Waals surface area contributed by atoms with Crippen LogP contribution in [-0.2, 0) is 5.41 Å². The first kappa shape index (κ1) is 22.7. The van der Waals surface area contributed by atoms with E-state index in [4.69, 9.17) is 4.42 Å². The van der Waals surface area contributed by atoms with E-state index in [1.54, 1.807) is 0 Å². The van der Waals surface area contributed by atoms with Gasteiger partial charge in [-0.2, -0.15) is 10.5 Å². The first-order chi connectivity index (χ1) is 20.7. The van der Waals surface area contributed by atoms with Crippen LogP contribution in [0.5, 0.6) is 0 Å². The molecule has 0 bridgehead atoms. The quantitative estimate of drug-likeness (QED) is 0.212. The third kappa shape index (κ3) is 2.70. The summed E-state index contributed by atoms with van der Waals surface area (Å²) in [6.45, 7) is 0. The Morgan fingerprint density at radius 3 is 1.76 bits per heavy atom. The zero-order chi connectivity index (χ0) is 28.0. The summed E-state index contributed by atoms with van der Waals surface area (Å²) in [5.41, 5.74) is 13.3. The molecule has 0 saturated heterocycles. The van der Waals surface area contributed by atoms with E-state index in [1.807, 2.05) is 30.3 Å². The highest BCUT2D eigenvalue weighted by molar-refractivity contribution is 6.05. The molecule has 5 nitrogen and oxygen atoms in total. The van der Waals surface area contributed by atoms with Gasteiger partial charge >= 0.3 is 0 Å². The van der Waals surface area contributed by atoms with E-state index >= 15 is 0 Å². The second kappa shape index (κ2) is 8.01. The summed E-state index contributed by atoms with van der Waals surface area (Å²) in [4.78, 5) is 8.42. The fourth-order valence-corrected chi connectivity index (χ4v) is 7.22. The number of benzene rings is 5. The maximum Gasteiger partial charge on any atom is 0.234 e. The van der Waals surface area contributed by atoms with Crippen molar-refractivity contribution in [2.24, 2.45) is 0 Å². The standard InChI is InChI=1S/C37H18N4O/c38-19-32-36-35(41-34(20-39)40-32)27-17-21(14-16-33(27)42-36)22-13-15-26-25-9-3-6-12-30(25)37(31(26)18-22)28-10-4-1-7-23(28)24-8-2-5-11-29(24)37/h1-18H. The van der Waals surface area contributed by atoms with Crippen LogP contribution in [-0.4, -0.2) is 9.97 Å². The zero-order valence-electron chi connectivity index (χ0n) is 22.1. The summed E-state index contributed by atoms with van der Waals surface area (Å²) in [5.74, 6) is -0.0528. The lowest BCUT2D eigenvalue weighted by atomic mass is 9.70. The Morgan fingerprint density at radius 2 is 1.14 bits per heavy atom. The van der Waals surface area contributed by atoms with Gasteiger partial charge in [0.05, 0.1) is 5.41 Å². The van der Waals surface area contributed by atoms with Crippen LogP contribution in [0.25, 0.3) is 55.4 Å². The molecule has 5 heteroatoms. The molecular formula is C37H18N4O. The largest absolute Gasteiger partial charge is 0.451 e. The molecule has 0 fully saturated rings. The van der Waals surface area contributed by atoms with E-state index in [0.717, 1.165) is 16.5 Å². The van der Waals surface area contributed by atoms with Gasteiger partial charge in [-0.1, -0.05) is 91.0 Å². The molecule has 0 atom stereocenters. The topological polar surface area (TPSA) is 86.5 Å². The average molecular weight is 535 g/mol. The third-order valence-electron chi connectivity index (χ3n) is 8.85. The predicted molar refractivity (Wildman–Crippen MR) is 160 cm³/mol. The Hall–Kier alpha value is -6.04. The second-order valence-electron chi connectivity index (χ2n) is 10.8. The minimum atomic E-state index is -0.418. The molecule has 2 heterocycles. The molecule has 42 heavy (non-hydrogen) atoms. The lowest BCUT2D eigenvalue weighted by Gasteiger charge is -2.30. The van der Waals surface area contributed by atoms with Gasteiger partial charge in [0.1, 0.15) is 23.2 Å². The van der Waals surface area contributed by atoms with Gasteiger partial charge in [-0.25, -0.2) is 9.97 Å². The fraction of sp³-hybridized carbons (Fsp3) is 0.0270. The molecule has 0 N–H and O–H groups in total. The lowest BCUT2D eigenvalue weighted by Crippen LogP contribution is -2.25. The first-order valence-corrected chi connectivity index (χ1v) is 13.7. The van der Waals surface area contributed by atoms with E-state index in [9.17, 15) is 10.5 Å². The van der Waals surface area contributed by atoms with Gasteiger partial charge in [0.25, 0.3) is 0 Å². The minimum absolute atomic E-state index is 0.0528. The monoisotopic (exact) mass is 534 g/mol.